The van der Waals surface area contributed by atoms with Gasteiger partial charge in [0.05, 0.1) is 5.69 Å². The number of hydrogen-bond acceptors (Lipinski definition) is 2. The molecular formula is C20H27FN4O. The van der Waals surface area contributed by atoms with Gasteiger partial charge in [-0.25, -0.2) is 13.9 Å². The fourth-order valence-corrected chi connectivity index (χ4v) is 3.63. The SMILES string of the molecule is Cc1cc(C)n(-c2ccc(NC(=O)N3C[C@H](C)CCC[C@@H]3C)cc2F)n1. The average molecular weight is 358 g/mol. The highest BCUT2D eigenvalue weighted by atomic mass is 19.1. The molecule has 5 nitrogen and oxygen atoms in total. The molecule has 1 N–H and O–H groups in total. The van der Waals surface area contributed by atoms with Crippen molar-refractivity contribution in [2.24, 2.45) is 5.92 Å². The summed E-state index contributed by atoms with van der Waals surface area (Å²) >= 11 is 0. The number of aromatic nitrogens is 2. The number of urea groups is 1. The Morgan fingerprint density at radius 3 is 2.65 bits per heavy atom. The van der Waals surface area contributed by atoms with Gasteiger partial charge in [0, 0.05) is 24.0 Å². The van der Waals surface area contributed by atoms with Gasteiger partial charge < -0.3 is 10.2 Å². The number of anilines is 1. The van der Waals surface area contributed by atoms with Crippen molar-refractivity contribution in [3.8, 4) is 5.69 Å². The maximum absolute atomic E-state index is 14.6. The van der Waals surface area contributed by atoms with Gasteiger partial charge in [0.2, 0.25) is 0 Å². The van der Waals surface area contributed by atoms with Crippen LogP contribution >= 0.6 is 0 Å². The molecule has 0 saturated carbocycles. The molecule has 2 amide bonds. The van der Waals surface area contributed by atoms with Crippen molar-refractivity contribution in [3.05, 3.63) is 41.5 Å². The number of nitrogens with one attached hydrogen (secondary N) is 1. The highest BCUT2D eigenvalue weighted by molar-refractivity contribution is 5.89. The number of carbonyl (C=O) groups excluding carboxylic acids is 1. The van der Waals surface area contributed by atoms with E-state index in [0.717, 1.165) is 37.2 Å². The number of rotatable bonds is 2. The number of amides is 2. The van der Waals surface area contributed by atoms with Crippen LogP contribution in [0.4, 0.5) is 14.9 Å². The van der Waals surface area contributed by atoms with Gasteiger partial charge in [-0.05, 0) is 63.8 Å². The predicted molar refractivity (Wildman–Crippen MR) is 101 cm³/mol. The third kappa shape index (κ3) is 3.89. The molecule has 0 spiro atoms. The van der Waals surface area contributed by atoms with Crippen molar-refractivity contribution < 1.29 is 9.18 Å². The molecule has 3 rings (SSSR count). The minimum Gasteiger partial charge on any atom is -0.322 e. The van der Waals surface area contributed by atoms with E-state index in [4.69, 9.17) is 0 Å². The zero-order valence-electron chi connectivity index (χ0n) is 15.9. The second-order valence-corrected chi connectivity index (χ2v) is 7.47. The Balaban J connectivity index is 1.77. The molecule has 6 heteroatoms. The normalized spacial score (nSPS) is 20.7. The molecule has 0 bridgehead atoms. The Bertz CT molecular complexity index is 801. The largest absolute Gasteiger partial charge is 0.322 e. The van der Waals surface area contributed by atoms with Crippen LogP contribution in [0.1, 0.15) is 44.5 Å². The van der Waals surface area contributed by atoms with E-state index in [1.54, 1.807) is 16.8 Å². The van der Waals surface area contributed by atoms with Crippen molar-refractivity contribution in [2.45, 2.75) is 53.0 Å². The molecule has 1 saturated heterocycles. The molecular weight excluding hydrogens is 331 g/mol. The van der Waals surface area contributed by atoms with Crippen LogP contribution in [0, 0.1) is 25.6 Å². The molecule has 2 atom stereocenters. The summed E-state index contributed by atoms with van der Waals surface area (Å²) in [6, 6.07) is 6.66. The molecule has 1 fully saturated rings. The van der Waals surface area contributed by atoms with Crippen LogP contribution in [0.2, 0.25) is 0 Å². The quantitative estimate of drug-likeness (QED) is 0.848. The maximum Gasteiger partial charge on any atom is 0.322 e. The molecule has 0 unspecified atom stereocenters. The molecule has 0 radical (unpaired) electrons. The average Bonchev–Trinajstić information content (AvgIpc) is 2.80. The van der Waals surface area contributed by atoms with E-state index in [9.17, 15) is 9.18 Å². The third-order valence-electron chi connectivity index (χ3n) is 5.06. The molecule has 1 aliphatic heterocycles. The fraction of sp³-hybridized carbons (Fsp3) is 0.500. The predicted octanol–water partition coefficient (Wildman–Crippen LogP) is 4.67. The lowest BCUT2D eigenvalue weighted by molar-refractivity contribution is 0.187. The molecule has 1 aliphatic rings. The maximum atomic E-state index is 14.6. The Labute approximate surface area is 154 Å². The van der Waals surface area contributed by atoms with E-state index >= 15 is 0 Å². The standard InChI is InChI=1S/C20H27FN4O/c1-13-6-5-7-15(3)24(12-13)20(26)22-17-8-9-19(18(21)11-17)25-16(4)10-14(2)23-25/h8-11,13,15H,5-7,12H2,1-4H3,(H,22,26)/t13-,15+/m1/s1. The Kier molecular flexibility index (Phi) is 5.30. The summed E-state index contributed by atoms with van der Waals surface area (Å²) in [6.07, 6.45) is 3.28. The second-order valence-electron chi connectivity index (χ2n) is 7.47. The Hall–Kier alpha value is -2.37. The Morgan fingerprint density at radius 2 is 2.00 bits per heavy atom. The third-order valence-corrected chi connectivity index (χ3v) is 5.06. The van der Waals surface area contributed by atoms with Crippen LogP contribution in [0.3, 0.4) is 0 Å². The number of aryl methyl sites for hydroxylation is 2. The van der Waals surface area contributed by atoms with Crippen molar-refractivity contribution in [3.63, 3.8) is 0 Å². The second kappa shape index (κ2) is 7.48. The summed E-state index contributed by atoms with van der Waals surface area (Å²) in [4.78, 5) is 14.5. The highest BCUT2D eigenvalue weighted by Gasteiger charge is 2.25. The smallest absolute Gasteiger partial charge is 0.322 e. The first kappa shape index (κ1) is 18.4. The van der Waals surface area contributed by atoms with Crippen molar-refractivity contribution in [1.29, 1.82) is 0 Å². The zero-order chi connectivity index (χ0) is 18.8. The lowest BCUT2D eigenvalue weighted by Gasteiger charge is -2.28. The first-order chi connectivity index (χ1) is 12.3. The summed E-state index contributed by atoms with van der Waals surface area (Å²) in [6.45, 7) is 8.74. The van der Waals surface area contributed by atoms with Crippen molar-refractivity contribution in [2.75, 3.05) is 11.9 Å². The van der Waals surface area contributed by atoms with E-state index in [2.05, 4.69) is 24.3 Å². The van der Waals surface area contributed by atoms with E-state index in [-0.39, 0.29) is 12.1 Å². The molecule has 2 heterocycles. The van der Waals surface area contributed by atoms with Crippen LogP contribution in [0.25, 0.3) is 5.69 Å². The van der Waals surface area contributed by atoms with E-state index in [1.807, 2.05) is 24.8 Å². The van der Waals surface area contributed by atoms with E-state index in [0.29, 0.717) is 17.3 Å². The molecule has 1 aromatic heterocycles. The molecule has 26 heavy (non-hydrogen) atoms. The minimum atomic E-state index is -0.411. The van der Waals surface area contributed by atoms with Gasteiger partial charge >= 0.3 is 6.03 Å². The topological polar surface area (TPSA) is 50.2 Å². The Morgan fingerprint density at radius 1 is 1.23 bits per heavy atom. The van der Waals surface area contributed by atoms with Crippen LogP contribution in [0.15, 0.2) is 24.3 Å². The van der Waals surface area contributed by atoms with Crippen LogP contribution < -0.4 is 5.32 Å². The summed E-state index contributed by atoms with van der Waals surface area (Å²) in [5, 5.41) is 7.16. The zero-order valence-corrected chi connectivity index (χ0v) is 15.9. The minimum absolute atomic E-state index is 0.162. The van der Waals surface area contributed by atoms with Crippen molar-refractivity contribution in [1.82, 2.24) is 14.7 Å². The van der Waals surface area contributed by atoms with Crippen LogP contribution in [-0.4, -0.2) is 33.3 Å². The van der Waals surface area contributed by atoms with Gasteiger partial charge in [-0.1, -0.05) is 13.3 Å². The summed E-state index contributed by atoms with van der Waals surface area (Å²) in [5.41, 5.74) is 2.54. The number of nitrogens with zero attached hydrogens (tertiary/aromatic N) is 3. The number of carbonyl (C=O) groups is 1. The molecule has 0 aliphatic carbocycles. The first-order valence-corrected chi connectivity index (χ1v) is 9.26. The van der Waals surface area contributed by atoms with Gasteiger partial charge in [-0.15, -0.1) is 0 Å². The molecule has 2 aromatic rings. The summed E-state index contributed by atoms with van der Waals surface area (Å²) in [7, 11) is 0. The van der Waals surface area contributed by atoms with Crippen molar-refractivity contribution >= 4 is 11.7 Å². The van der Waals surface area contributed by atoms with Crippen LogP contribution in [0.5, 0.6) is 0 Å². The van der Waals surface area contributed by atoms with E-state index < -0.39 is 5.82 Å². The molecule has 140 valence electrons. The fourth-order valence-electron chi connectivity index (χ4n) is 3.63. The number of halogens is 1. The lowest BCUT2D eigenvalue weighted by atomic mass is 10.1. The molecule has 1 aromatic carbocycles. The van der Waals surface area contributed by atoms with Gasteiger partial charge in [0.15, 0.2) is 5.82 Å². The summed E-state index contributed by atoms with van der Waals surface area (Å²) < 4.78 is 16.2. The van der Waals surface area contributed by atoms with E-state index in [1.165, 1.54) is 6.07 Å². The number of hydrogen-bond donors (Lipinski definition) is 1. The van der Waals surface area contributed by atoms with Gasteiger partial charge in [0.1, 0.15) is 5.69 Å². The summed E-state index contributed by atoms with van der Waals surface area (Å²) in [5.74, 6) is 0.0714. The first-order valence-electron chi connectivity index (χ1n) is 9.26. The van der Waals surface area contributed by atoms with Crippen LogP contribution in [-0.2, 0) is 0 Å². The lowest BCUT2D eigenvalue weighted by Crippen LogP contribution is -2.42. The number of benzene rings is 1. The number of likely N-dealkylation sites (tertiary alicyclic amines) is 1. The highest BCUT2D eigenvalue weighted by Crippen LogP contribution is 2.23. The van der Waals surface area contributed by atoms with Gasteiger partial charge in [-0.3, -0.25) is 0 Å². The monoisotopic (exact) mass is 358 g/mol. The van der Waals surface area contributed by atoms with Gasteiger partial charge in [0.25, 0.3) is 0 Å². The van der Waals surface area contributed by atoms with Gasteiger partial charge in [-0.2, -0.15) is 5.10 Å².